The van der Waals surface area contributed by atoms with Crippen molar-refractivity contribution in [1.82, 2.24) is 4.90 Å². The number of sulfone groups is 1. The van der Waals surface area contributed by atoms with Gasteiger partial charge in [0.25, 0.3) is 5.91 Å². The van der Waals surface area contributed by atoms with Gasteiger partial charge in [0.2, 0.25) is 0 Å². The molecule has 1 fully saturated rings. The summed E-state index contributed by atoms with van der Waals surface area (Å²) in [5.41, 5.74) is 0.608. The number of Topliss-reactive ketones (excluding diaryl/α,β-unsaturated/α-hetero) is 1. The van der Waals surface area contributed by atoms with Crippen molar-refractivity contribution < 1.29 is 22.7 Å². The summed E-state index contributed by atoms with van der Waals surface area (Å²) in [5, 5.41) is 1.93. The van der Waals surface area contributed by atoms with Gasteiger partial charge in [-0.1, -0.05) is 13.0 Å². The molecule has 1 aliphatic heterocycles. The highest BCUT2D eigenvalue weighted by Gasteiger charge is 2.35. The predicted octanol–water partition coefficient (Wildman–Crippen LogP) is 2.94. The second-order valence-electron chi connectivity index (χ2n) is 6.75. The molecule has 0 unspecified atom stereocenters. The minimum Gasteiger partial charge on any atom is -0.484 e. The Morgan fingerprint density at radius 1 is 1.21 bits per heavy atom. The summed E-state index contributed by atoms with van der Waals surface area (Å²) in [7, 11) is -3.10. The summed E-state index contributed by atoms with van der Waals surface area (Å²) in [6.45, 7) is 2.00. The molecule has 1 atom stereocenters. The SMILES string of the molecule is CCC(=O)c1ccc(OCC(=O)N(Cc2cccs2)[C@@H]2CCS(=O)(=O)C2)cc1. The van der Waals surface area contributed by atoms with Gasteiger partial charge in [-0.2, -0.15) is 0 Å². The molecule has 0 saturated carbocycles. The molecule has 150 valence electrons. The van der Waals surface area contributed by atoms with Crippen molar-refractivity contribution in [3.8, 4) is 5.75 Å². The highest BCUT2D eigenvalue weighted by molar-refractivity contribution is 7.91. The molecular formula is C20H23NO5S2. The molecule has 0 radical (unpaired) electrons. The molecular weight excluding hydrogens is 398 g/mol. The quantitative estimate of drug-likeness (QED) is 0.612. The zero-order valence-electron chi connectivity index (χ0n) is 15.7. The van der Waals surface area contributed by atoms with Gasteiger partial charge in [-0.3, -0.25) is 9.59 Å². The molecule has 1 saturated heterocycles. The summed E-state index contributed by atoms with van der Waals surface area (Å²) < 4.78 is 29.3. The van der Waals surface area contributed by atoms with Crippen LogP contribution in [0.15, 0.2) is 41.8 Å². The summed E-state index contributed by atoms with van der Waals surface area (Å²) >= 11 is 1.53. The Morgan fingerprint density at radius 3 is 2.54 bits per heavy atom. The van der Waals surface area contributed by atoms with Gasteiger partial charge in [0.05, 0.1) is 18.1 Å². The molecule has 1 aliphatic rings. The first kappa shape index (κ1) is 20.5. The lowest BCUT2D eigenvalue weighted by Crippen LogP contribution is -2.42. The Balaban J connectivity index is 1.66. The fraction of sp³-hybridized carbons (Fsp3) is 0.400. The van der Waals surface area contributed by atoms with Crippen LogP contribution >= 0.6 is 11.3 Å². The van der Waals surface area contributed by atoms with Gasteiger partial charge in [0.15, 0.2) is 22.2 Å². The maximum absolute atomic E-state index is 12.8. The van der Waals surface area contributed by atoms with E-state index in [-0.39, 0.29) is 35.8 Å². The molecule has 2 aromatic rings. The first-order valence-corrected chi connectivity index (χ1v) is 11.9. The highest BCUT2D eigenvalue weighted by atomic mass is 32.2. The van der Waals surface area contributed by atoms with Gasteiger partial charge in [0, 0.05) is 22.9 Å². The number of hydrogen-bond acceptors (Lipinski definition) is 6. The van der Waals surface area contributed by atoms with E-state index in [0.29, 0.717) is 30.7 Å². The Hall–Kier alpha value is -2.19. The molecule has 6 nitrogen and oxygen atoms in total. The lowest BCUT2D eigenvalue weighted by atomic mass is 10.1. The standard InChI is InChI=1S/C20H23NO5S2/c1-2-19(22)15-5-7-17(8-6-15)26-13-20(23)21(12-18-4-3-10-27-18)16-9-11-28(24,25)14-16/h3-8,10,16H,2,9,11-14H2,1H3/t16-/m1/s1. The zero-order chi connectivity index (χ0) is 20.1. The first-order chi connectivity index (χ1) is 13.4. The number of ether oxygens (including phenoxy) is 1. The molecule has 1 aromatic heterocycles. The van der Waals surface area contributed by atoms with E-state index in [4.69, 9.17) is 4.74 Å². The number of carbonyl (C=O) groups is 2. The fourth-order valence-corrected chi connectivity index (χ4v) is 5.62. The molecule has 1 amide bonds. The molecule has 0 N–H and O–H groups in total. The number of rotatable bonds is 8. The number of amides is 1. The van der Waals surface area contributed by atoms with E-state index < -0.39 is 9.84 Å². The Bertz CT molecular complexity index is 920. The number of benzene rings is 1. The van der Waals surface area contributed by atoms with E-state index in [1.165, 1.54) is 11.3 Å². The van der Waals surface area contributed by atoms with Crippen LogP contribution in [-0.4, -0.2) is 49.2 Å². The number of thiophene rings is 1. The van der Waals surface area contributed by atoms with Crippen molar-refractivity contribution in [2.24, 2.45) is 0 Å². The Kier molecular flexibility index (Phi) is 6.51. The molecule has 0 aliphatic carbocycles. The zero-order valence-corrected chi connectivity index (χ0v) is 17.3. The van der Waals surface area contributed by atoms with Gasteiger partial charge in [-0.05, 0) is 42.1 Å². The normalized spacial score (nSPS) is 18.0. The molecule has 28 heavy (non-hydrogen) atoms. The van der Waals surface area contributed by atoms with E-state index in [0.717, 1.165) is 4.88 Å². The third kappa shape index (κ3) is 5.20. The highest BCUT2D eigenvalue weighted by Crippen LogP contribution is 2.22. The van der Waals surface area contributed by atoms with Gasteiger partial charge in [-0.15, -0.1) is 11.3 Å². The van der Waals surface area contributed by atoms with Crippen LogP contribution in [0.1, 0.15) is 35.0 Å². The van der Waals surface area contributed by atoms with Crippen molar-refractivity contribution in [1.29, 1.82) is 0 Å². The van der Waals surface area contributed by atoms with Crippen LogP contribution < -0.4 is 4.74 Å². The first-order valence-electron chi connectivity index (χ1n) is 9.16. The molecule has 8 heteroatoms. The largest absolute Gasteiger partial charge is 0.484 e. The van der Waals surface area contributed by atoms with Crippen molar-refractivity contribution in [3.63, 3.8) is 0 Å². The van der Waals surface area contributed by atoms with Crippen LogP contribution in [0.4, 0.5) is 0 Å². The van der Waals surface area contributed by atoms with Crippen LogP contribution in [0, 0.1) is 0 Å². The molecule has 1 aromatic carbocycles. The Labute approximate surface area is 169 Å². The summed E-state index contributed by atoms with van der Waals surface area (Å²) in [4.78, 5) is 27.1. The van der Waals surface area contributed by atoms with E-state index in [1.807, 2.05) is 17.5 Å². The van der Waals surface area contributed by atoms with E-state index in [1.54, 1.807) is 36.1 Å². The monoisotopic (exact) mass is 421 g/mol. The second kappa shape index (κ2) is 8.87. The molecule has 3 rings (SSSR count). The van der Waals surface area contributed by atoms with E-state index in [2.05, 4.69) is 0 Å². The fourth-order valence-electron chi connectivity index (χ4n) is 3.18. The van der Waals surface area contributed by atoms with Crippen molar-refractivity contribution >= 4 is 32.9 Å². The van der Waals surface area contributed by atoms with Gasteiger partial charge < -0.3 is 9.64 Å². The number of carbonyl (C=O) groups excluding carboxylic acids is 2. The van der Waals surface area contributed by atoms with Crippen LogP contribution in [0.3, 0.4) is 0 Å². The predicted molar refractivity (Wildman–Crippen MR) is 108 cm³/mol. The van der Waals surface area contributed by atoms with Crippen molar-refractivity contribution in [2.45, 2.75) is 32.4 Å². The summed E-state index contributed by atoms with van der Waals surface area (Å²) in [6.07, 6.45) is 0.883. The average molecular weight is 422 g/mol. The molecule has 2 heterocycles. The summed E-state index contributed by atoms with van der Waals surface area (Å²) in [6, 6.07) is 10.2. The number of ketones is 1. The second-order valence-corrected chi connectivity index (χ2v) is 10.0. The minimum absolute atomic E-state index is 0.00204. The van der Waals surface area contributed by atoms with Gasteiger partial charge >= 0.3 is 0 Å². The third-order valence-corrected chi connectivity index (χ3v) is 7.35. The molecule has 0 bridgehead atoms. The number of nitrogens with zero attached hydrogens (tertiary/aromatic N) is 1. The smallest absolute Gasteiger partial charge is 0.261 e. The van der Waals surface area contributed by atoms with Crippen molar-refractivity contribution in [2.75, 3.05) is 18.1 Å². The van der Waals surface area contributed by atoms with E-state index >= 15 is 0 Å². The number of hydrogen-bond donors (Lipinski definition) is 0. The lowest BCUT2D eigenvalue weighted by Gasteiger charge is -2.28. The maximum atomic E-state index is 12.8. The topological polar surface area (TPSA) is 80.8 Å². The van der Waals surface area contributed by atoms with Crippen LogP contribution in [0.5, 0.6) is 5.75 Å². The Morgan fingerprint density at radius 2 is 1.96 bits per heavy atom. The van der Waals surface area contributed by atoms with Gasteiger partial charge in [0.1, 0.15) is 5.75 Å². The summed E-state index contributed by atoms with van der Waals surface area (Å²) in [5.74, 6) is 0.407. The van der Waals surface area contributed by atoms with Crippen LogP contribution in [-0.2, 0) is 21.2 Å². The van der Waals surface area contributed by atoms with Crippen LogP contribution in [0.2, 0.25) is 0 Å². The third-order valence-electron chi connectivity index (χ3n) is 4.74. The van der Waals surface area contributed by atoms with Gasteiger partial charge in [-0.25, -0.2) is 8.42 Å². The van der Waals surface area contributed by atoms with Crippen molar-refractivity contribution in [3.05, 3.63) is 52.2 Å². The van der Waals surface area contributed by atoms with E-state index in [9.17, 15) is 18.0 Å². The maximum Gasteiger partial charge on any atom is 0.261 e. The lowest BCUT2D eigenvalue weighted by molar-refractivity contribution is -0.135. The molecule has 0 spiro atoms. The minimum atomic E-state index is -3.10. The van der Waals surface area contributed by atoms with Crippen LogP contribution in [0.25, 0.3) is 0 Å². The average Bonchev–Trinajstić information content (AvgIpc) is 3.33.